The van der Waals surface area contributed by atoms with Gasteiger partial charge in [-0.1, -0.05) is 47.3 Å². The quantitative estimate of drug-likeness (QED) is 0.854. The largest absolute Gasteiger partial charge is 0.313 e. The first kappa shape index (κ1) is 13.3. The van der Waals surface area contributed by atoms with Crippen molar-refractivity contribution in [2.24, 2.45) is 5.92 Å². The zero-order valence-electron chi connectivity index (χ0n) is 11.1. The van der Waals surface area contributed by atoms with Crippen LogP contribution in [0.1, 0.15) is 48.0 Å². The molecular weight excluding hydrogens is 302 g/mol. The lowest BCUT2D eigenvalue weighted by atomic mass is 9.90. The number of rotatable bonds is 1. The minimum atomic E-state index is 0.145. The first-order valence-corrected chi connectivity index (χ1v) is 8.11. The average Bonchev–Trinajstić information content (AvgIpc) is 2.69. The molecule has 1 aromatic carbocycles. The lowest BCUT2D eigenvalue weighted by molar-refractivity contribution is 0.0902. The van der Waals surface area contributed by atoms with Gasteiger partial charge < -0.3 is 5.32 Å². The molecule has 2 atom stereocenters. The highest BCUT2D eigenvalue weighted by atomic mass is 79.9. The minimum Gasteiger partial charge on any atom is -0.313 e. The number of hydrogen-bond acceptors (Lipinski definition) is 2. The second-order valence-corrected chi connectivity index (χ2v) is 6.56. The topological polar surface area (TPSA) is 29.1 Å². The number of carbonyl (C=O) groups is 1. The van der Waals surface area contributed by atoms with Crippen LogP contribution < -0.4 is 5.32 Å². The summed E-state index contributed by atoms with van der Waals surface area (Å²) in [6, 6.07) is 6.35. The maximum absolute atomic E-state index is 12.6. The third-order valence-electron chi connectivity index (χ3n) is 4.48. The fraction of sp³-hybridized carbons (Fsp3) is 0.562. The van der Waals surface area contributed by atoms with Gasteiger partial charge in [-0.05, 0) is 37.4 Å². The highest BCUT2D eigenvalue weighted by Gasteiger charge is 2.36. The van der Waals surface area contributed by atoms with Gasteiger partial charge in [0.05, 0.1) is 0 Å². The molecule has 19 heavy (non-hydrogen) atoms. The molecule has 2 nitrogen and oxygen atoms in total. The lowest BCUT2D eigenvalue weighted by Gasteiger charge is -2.25. The van der Waals surface area contributed by atoms with Gasteiger partial charge in [-0.15, -0.1) is 0 Å². The molecule has 3 rings (SSSR count). The van der Waals surface area contributed by atoms with Crippen molar-refractivity contribution in [3.63, 3.8) is 0 Å². The molecular formula is C16H20BrNO. The van der Waals surface area contributed by atoms with Gasteiger partial charge in [-0.2, -0.15) is 0 Å². The molecule has 1 saturated heterocycles. The number of fused-ring (bicyclic) bond motifs is 1. The maximum atomic E-state index is 12.6. The van der Waals surface area contributed by atoms with E-state index in [0.29, 0.717) is 11.8 Å². The predicted molar refractivity (Wildman–Crippen MR) is 80.5 cm³/mol. The predicted octanol–water partition coefficient (Wildman–Crippen LogP) is 3.73. The van der Waals surface area contributed by atoms with Gasteiger partial charge in [0.25, 0.3) is 0 Å². The Morgan fingerprint density at radius 3 is 2.84 bits per heavy atom. The zero-order valence-corrected chi connectivity index (χ0v) is 12.7. The molecule has 0 spiro atoms. The fourth-order valence-electron chi connectivity index (χ4n) is 3.41. The van der Waals surface area contributed by atoms with Crippen LogP contribution in [0, 0.1) is 5.92 Å². The molecule has 102 valence electrons. The Hall–Kier alpha value is -0.670. The van der Waals surface area contributed by atoms with Crippen molar-refractivity contribution in [2.75, 3.05) is 6.54 Å². The van der Waals surface area contributed by atoms with E-state index in [4.69, 9.17) is 0 Å². The summed E-state index contributed by atoms with van der Waals surface area (Å²) in [7, 11) is 0. The molecule has 0 radical (unpaired) electrons. The standard InChI is InChI=1S/C16H20BrNO/c17-14-7-5-6-11-12(14)10-13(16(11)19)15-8-3-1-2-4-9-18-15/h5-7,13,15,18H,1-4,8-10H2. The van der Waals surface area contributed by atoms with E-state index in [1.165, 1.54) is 31.2 Å². The number of nitrogens with one attached hydrogen (secondary N) is 1. The van der Waals surface area contributed by atoms with Crippen LogP contribution in [0.2, 0.25) is 0 Å². The smallest absolute Gasteiger partial charge is 0.168 e. The maximum Gasteiger partial charge on any atom is 0.168 e. The Labute approximate surface area is 123 Å². The summed E-state index contributed by atoms with van der Waals surface area (Å²) in [5, 5.41) is 3.61. The summed E-state index contributed by atoms with van der Waals surface area (Å²) in [6.45, 7) is 1.06. The van der Waals surface area contributed by atoms with E-state index in [1.54, 1.807) is 0 Å². The molecule has 2 unspecified atom stereocenters. The van der Waals surface area contributed by atoms with Crippen LogP contribution in [0.4, 0.5) is 0 Å². The van der Waals surface area contributed by atoms with Crippen molar-refractivity contribution in [3.8, 4) is 0 Å². The molecule has 0 saturated carbocycles. The van der Waals surface area contributed by atoms with Crippen molar-refractivity contribution >= 4 is 21.7 Å². The van der Waals surface area contributed by atoms with Crippen LogP contribution in [0.5, 0.6) is 0 Å². The molecule has 1 fully saturated rings. The van der Waals surface area contributed by atoms with Crippen molar-refractivity contribution in [2.45, 2.75) is 44.6 Å². The van der Waals surface area contributed by atoms with Crippen LogP contribution >= 0.6 is 15.9 Å². The average molecular weight is 322 g/mol. The molecule has 0 bridgehead atoms. The number of Topliss-reactive ketones (excluding diaryl/α,β-unsaturated/α-hetero) is 1. The highest BCUT2D eigenvalue weighted by molar-refractivity contribution is 9.10. The van der Waals surface area contributed by atoms with E-state index in [1.807, 2.05) is 18.2 Å². The number of carbonyl (C=O) groups excluding carboxylic acids is 1. The van der Waals surface area contributed by atoms with Crippen molar-refractivity contribution < 1.29 is 4.79 Å². The molecule has 1 heterocycles. The fourth-order valence-corrected chi connectivity index (χ4v) is 3.94. The molecule has 0 aromatic heterocycles. The Morgan fingerprint density at radius 1 is 1.16 bits per heavy atom. The number of halogens is 1. The van der Waals surface area contributed by atoms with E-state index in [9.17, 15) is 4.79 Å². The van der Waals surface area contributed by atoms with Crippen LogP contribution in [0.15, 0.2) is 22.7 Å². The first-order chi connectivity index (χ1) is 9.27. The molecule has 1 aliphatic heterocycles. The van der Waals surface area contributed by atoms with E-state index < -0.39 is 0 Å². The molecule has 1 aliphatic carbocycles. The SMILES string of the molecule is O=C1c2cccc(Br)c2CC1C1CCCCCCN1. The highest BCUT2D eigenvalue weighted by Crippen LogP contribution is 2.35. The van der Waals surface area contributed by atoms with Gasteiger partial charge in [0.2, 0.25) is 0 Å². The Morgan fingerprint density at radius 2 is 2.00 bits per heavy atom. The Kier molecular flexibility index (Phi) is 4.04. The summed E-state index contributed by atoms with van der Waals surface area (Å²) in [6.07, 6.45) is 7.17. The van der Waals surface area contributed by atoms with Gasteiger partial charge in [-0.25, -0.2) is 0 Å². The summed E-state index contributed by atoms with van der Waals surface area (Å²) >= 11 is 3.58. The molecule has 3 heteroatoms. The van der Waals surface area contributed by atoms with Gasteiger partial charge in [0, 0.05) is 22.0 Å². The first-order valence-electron chi connectivity index (χ1n) is 7.32. The molecule has 2 aliphatic rings. The number of hydrogen-bond donors (Lipinski definition) is 1. The summed E-state index contributed by atoms with van der Waals surface area (Å²) in [4.78, 5) is 12.6. The van der Waals surface area contributed by atoms with E-state index in [-0.39, 0.29) is 5.92 Å². The van der Waals surface area contributed by atoms with E-state index in [0.717, 1.165) is 29.4 Å². The second kappa shape index (κ2) is 5.76. The van der Waals surface area contributed by atoms with E-state index in [2.05, 4.69) is 21.2 Å². The van der Waals surface area contributed by atoms with Crippen LogP contribution in [0.3, 0.4) is 0 Å². The van der Waals surface area contributed by atoms with Crippen LogP contribution in [0.25, 0.3) is 0 Å². The zero-order chi connectivity index (χ0) is 13.2. The van der Waals surface area contributed by atoms with Gasteiger partial charge >= 0.3 is 0 Å². The van der Waals surface area contributed by atoms with Crippen molar-refractivity contribution in [1.82, 2.24) is 5.32 Å². The van der Waals surface area contributed by atoms with Gasteiger partial charge in [0.1, 0.15) is 0 Å². The van der Waals surface area contributed by atoms with Crippen LogP contribution in [-0.4, -0.2) is 18.4 Å². The number of benzene rings is 1. The second-order valence-electron chi connectivity index (χ2n) is 5.70. The molecule has 1 N–H and O–H groups in total. The minimum absolute atomic E-state index is 0.145. The Bertz CT molecular complexity index is 478. The third-order valence-corrected chi connectivity index (χ3v) is 5.22. The summed E-state index contributed by atoms with van der Waals surface area (Å²) in [5.74, 6) is 0.487. The molecule has 1 aromatic rings. The van der Waals surface area contributed by atoms with Gasteiger partial charge in [-0.3, -0.25) is 4.79 Å². The van der Waals surface area contributed by atoms with Crippen molar-refractivity contribution in [3.05, 3.63) is 33.8 Å². The lowest BCUT2D eigenvalue weighted by Crippen LogP contribution is -2.40. The normalized spacial score (nSPS) is 27.7. The van der Waals surface area contributed by atoms with E-state index >= 15 is 0 Å². The molecule has 0 amide bonds. The monoisotopic (exact) mass is 321 g/mol. The van der Waals surface area contributed by atoms with Gasteiger partial charge in [0.15, 0.2) is 5.78 Å². The number of ketones is 1. The van der Waals surface area contributed by atoms with Crippen LogP contribution in [-0.2, 0) is 6.42 Å². The third kappa shape index (κ3) is 2.63. The summed E-state index contributed by atoms with van der Waals surface area (Å²) in [5.41, 5.74) is 2.14. The Balaban J connectivity index is 1.80. The van der Waals surface area contributed by atoms with Crippen molar-refractivity contribution in [1.29, 1.82) is 0 Å². The summed E-state index contributed by atoms with van der Waals surface area (Å²) < 4.78 is 1.09.